The minimum absolute atomic E-state index is 0.183. The van der Waals surface area contributed by atoms with Gasteiger partial charge in [0.2, 0.25) is 17.0 Å². The van der Waals surface area contributed by atoms with Crippen molar-refractivity contribution in [1.29, 1.82) is 0 Å². The molecule has 0 N–H and O–H groups in total. The van der Waals surface area contributed by atoms with E-state index in [1.165, 1.54) is 0 Å². The summed E-state index contributed by atoms with van der Waals surface area (Å²) in [5, 5.41) is 16.8. The molecule has 0 radical (unpaired) electrons. The lowest BCUT2D eigenvalue weighted by Crippen LogP contribution is -2.32. The van der Waals surface area contributed by atoms with E-state index in [1.807, 2.05) is 22.6 Å². The van der Waals surface area contributed by atoms with Crippen molar-refractivity contribution in [2.75, 3.05) is 0 Å². The van der Waals surface area contributed by atoms with Gasteiger partial charge in [-0.15, -0.1) is 0 Å². The second-order valence-corrected chi connectivity index (χ2v) is 7.54. The molecule has 0 aliphatic carbocycles. The van der Waals surface area contributed by atoms with Crippen molar-refractivity contribution in [2.24, 2.45) is 0 Å². The molecule has 8 nitrogen and oxygen atoms in total. The van der Waals surface area contributed by atoms with Gasteiger partial charge in [-0.2, -0.15) is 9.71 Å². The first kappa shape index (κ1) is 16.2. The largest absolute Gasteiger partial charge is 0.618 e. The molecule has 1 aliphatic rings. The fraction of sp³-hybridized carbons (Fsp3) is 0.368. The van der Waals surface area contributed by atoms with Gasteiger partial charge in [0.15, 0.2) is 5.69 Å². The number of para-hydroxylation sites is 2. The number of rotatable bonds is 2. The van der Waals surface area contributed by atoms with Crippen molar-refractivity contribution in [3.8, 4) is 11.6 Å². The third-order valence-electron chi connectivity index (χ3n) is 5.18. The molecule has 4 heterocycles. The fourth-order valence-electron chi connectivity index (χ4n) is 3.78. The molecule has 0 amide bonds. The number of ether oxygens (including phenoxy) is 1. The van der Waals surface area contributed by atoms with E-state index in [0.717, 1.165) is 23.1 Å². The van der Waals surface area contributed by atoms with Crippen molar-refractivity contribution in [1.82, 2.24) is 19.5 Å². The molecule has 8 heteroatoms. The number of hydrogen-bond donors (Lipinski definition) is 0. The van der Waals surface area contributed by atoms with Crippen LogP contribution in [0.4, 0.5) is 0 Å². The molecule has 3 aromatic heterocycles. The number of hydrogen-bond acceptors (Lipinski definition) is 6. The Hall–Kier alpha value is -3.00. The number of fused-ring (bicyclic) bond motifs is 3. The Labute approximate surface area is 155 Å². The van der Waals surface area contributed by atoms with Crippen LogP contribution >= 0.6 is 0 Å². The Morgan fingerprint density at radius 2 is 2.11 bits per heavy atom. The number of benzene rings is 1. The maximum atomic E-state index is 12.7. The Bertz CT molecular complexity index is 1180. The maximum Gasteiger partial charge on any atom is 0.279 e. The van der Waals surface area contributed by atoms with E-state index in [0.29, 0.717) is 34.1 Å². The van der Waals surface area contributed by atoms with Gasteiger partial charge < -0.3 is 14.5 Å². The van der Waals surface area contributed by atoms with Gasteiger partial charge in [-0.05, 0) is 32.8 Å². The molecule has 1 unspecified atom stereocenters. The first-order valence-electron chi connectivity index (χ1n) is 8.94. The summed E-state index contributed by atoms with van der Waals surface area (Å²) in [6.07, 6.45) is 3.29. The van der Waals surface area contributed by atoms with Gasteiger partial charge in [-0.3, -0.25) is 4.40 Å². The van der Waals surface area contributed by atoms with Crippen molar-refractivity contribution in [2.45, 2.75) is 45.3 Å². The highest BCUT2D eigenvalue weighted by Gasteiger charge is 2.35. The molecule has 0 bridgehead atoms. The van der Waals surface area contributed by atoms with Gasteiger partial charge in [0, 0.05) is 13.0 Å². The van der Waals surface area contributed by atoms with Crippen LogP contribution in [0.15, 0.2) is 35.1 Å². The van der Waals surface area contributed by atoms with Crippen LogP contribution in [0.25, 0.3) is 28.1 Å². The van der Waals surface area contributed by atoms with Crippen LogP contribution in [0.2, 0.25) is 0 Å². The van der Waals surface area contributed by atoms with E-state index in [1.54, 1.807) is 19.3 Å². The van der Waals surface area contributed by atoms with E-state index in [9.17, 15) is 5.21 Å². The summed E-state index contributed by atoms with van der Waals surface area (Å²) in [5.41, 5.74) is 2.85. The maximum absolute atomic E-state index is 12.7. The van der Waals surface area contributed by atoms with E-state index in [4.69, 9.17) is 9.26 Å². The summed E-state index contributed by atoms with van der Waals surface area (Å²) in [6.45, 7) is 5.87. The van der Waals surface area contributed by atoms with Crippen molar-refractivity contribution >= 4 is 16.6 Å². The quantitative estimate of drug-likeness (QED) is 0.400. The zero-order valence-electron chi connectivity index (χ0n) is 15.3. The Morgan fingerprint density at radius 3 is 2.89 bits per heavy atom. The Balaban J connectivity index is 1.65. The molecule has 1 saturated heterocycles. The standard InChI is InChI=1S/C19H19N5O3/c1-11-16-15(18-21-17(22-27-18)14-8-9-19(2,3)26-14)20-10-23(16)12-6-4-5-7-13(12)24(11)25/h4-7,10,14H,8-9H2,1-3H3. The fourth-order valence-corrected chi connectivity index (χ4v) is 3.78. The third kappa shape index (κ3) is 2.40. The van der Waals surface area contributed by atoms with Crippen LogP contribution in [-0.2, 0) is 4.74 Å². The summed E-state index contributed by atoms with van der Waals surface area (Å²) in [7, 11) is 0. The molecule has 138 valence electrons. The minimum Gasteiger partial charge on any atom is -0.618 e. The molecule has 5 rings (SSSR count). The third-order valence-corrected chi connectivity index (χ3v) is 5.18. The highest BCUT2D eigenvalue weighted by Crippen LogP contribution is 2.38. The van der Waals surface area contributed by atoms with Gasteiger partial charge in [0.05, 0.1) is 5.60 Å². The molecule has 1 aliphatic heterocycles. The van der Waals surface area contributed by atoms with Crippen LogP contribution < -0.4 is 4.73 Å². The molecule has 4 aromatic rings. The molecular formula is C19H19N5O3. The summed E-state index contributed by atoms with van der Waals surface area (Å²) >= 11 is 0. The monoisotopic (exact) mass is 365 g/mol. The first-order chi connectivity index (χ1) is 12.9. The van der Waals surface area contributed by atoms with Crippen molar-refractivity contribution in [3.63, 3.8) is 0 Å². The SMILES string of the molecule is Cc1c2c(-c3nc(C4CCC(C)(C)O4)no3)ncn2c2ccccc2[n+]1[O-]. The average molecular weight is 365 g/mol. The number of aryl methyl sites for hydroxylation is 1. The molecule has 1 aromatic carbocycles. The molecule has 1 fully saturated rings. The normalized spacial score (nSPS) is 19.3. The summed E-state index contributed by atoms with van der Waals surface area (Å²) < 4.78 is 14.3. The lowest BCUT2D eigenvalue weighted by atomic mass is 10.1. The number of nitrogens with zero attached hydrogens (tertiary/aromatic N) is 5. The molecule has 0 saturated carbocycles. The zero-order chi connectivity index (χ0) is 18.8. The lowest BCUT2D eigenvalue weighted by Gasteiger charge is -2.17. The van der Waals surface area contributed by atoms with Gasteiger partial charge in [0.25, 0.3) is 5.89 Å². The summed E-state index contributed by atoms with van der Waals surface area (Å²) in [6, 6.07) is 7.40. The average Bonchev–Trinajstić information content (AvgIpc) is 3.36. The lowest BCUT2D eigenvalue weighted by molar-refractivity contribution is -0.583. The highest BCUT2D eigenvalue weighted by atomic mass is 16.5. The van der Waals surface area contributed by atoms with Gasteiger partial charge in [0.1, 0.15) is 23.5 Å². The zero-order valence-corrected chi connectivity index (χ0v) is 15.3. The van der Waals surface area contributed by atoms with E-state index < -0.39 is 0 Å². The van der Waals surface area contributed by atoms with Crippen molar-refractivity contribution in [3.05, 3.63) is 47.3 Å². The highest BCUT2D eigenvalue weighted by molar-refractivity contribution is 5.82. The summed E-state index contributed by atoms with van der Waals surface area (Å²) in [4.78, 5) is 8.97. The van der Waals surface area contributed by atoms with E-state index in [-0.39, 0.29) is 11.7 Å². The predicted octanol–water partition coefficient (Wildman–Crippen LogP) is 3.11. The first-order valence-corrected chi connectivity index (χ1v) is 8.94. The smallest absolute Gasteiger partial charge is 0.279 e. The molecular weight excluding hydrogens is 346 g/mol. The molecule has 0 spiro atoms. The van der Waals surface area contributed by atoms with E-state index >= 15 is 0 Å². The topological polar surface area (TPSA) is 92.4 Å². The molecule has 27 heavy (non-hydrogen) atoms. The number of imidazole rings is 1. The Kier molecular flexibility index (Phi) is 3.30. The Morgan fingerprint density at radius 1 is 1.30 bits per heavy atom. The number of aromatic nitrogens is 5. The molecule has 1 atom stereocenters. The van der Waals surface area contributed by atoms with Gasteiger partial charge >= 0.3 is 0 Å². The predicted molar refractivity (Wildman–Crippen MR) is 96.8 cm³/mol. The minimum atomic E-state index is -0.184. The van der Waals surface area contributed by atoms with Crippen LogP contribution in [-0.4, -0.2) is 25.1 Å². The van der Waals surface area contributed by atoms with E-state index in [2.05, 4.69) is 29.0 Å². The summed E-state index contributed by atoms with van der Waals surface area (Å²) in [5.74, 6) is 0.810. The van der Waals surface area contributed by atoms with Gasteiger partial charge in [-0.25, -0.2) is 4.98 Å². The van der Waals surface area contributed by atoms with Crippen LogP contribution in [0.5, 0.6) is 0 Å². The second-order valence-electron chi connectivity index (χ2n) is 7.54. The van der Waals surface area contributed by atoms with Crippen LogP contribution in [0, 0.1) is 12.1 Å². The van der Waals surface area contributed by atoms with Gasteiger partial charge in [-0.1, -0.05) is 17.3 Å². The van der Waals surface area contributed by atoms with Crippen LogP contribution in [0.1, 0.15) is 44.3 Å². The van der Waals surface area contributed by atoms with Crippen molar-refractivity contribution < 1.29 is 14.0 Å². The second kappa shape index (κ2) is 5.50. The van der Waals surface area contributed by atoms with Crippen LogP contribution in [0.3, 0.4) is 0 Å².